The maximum atomic E-state index is 12.1. The number of esters is 1. The molecule has 0 aromatic heterocycles. The first-order chi connectivity index (χ1) is 9.62. The van der Waals surface area contributed by atoms with Crippen LogP contribution in [0.15, 0.2) is 24.3 Å². The molecule has 1 unspecified atom stereocenters. The summed E-state index contributed by atoms with van der Waals surface area (Å²) < 4.78 is 9.82. The molecule has 1 aromatic rings. The summed E-state index contributed by atoms with van der Waals surface area (Å²) in [6, 6.07) is 7.27. The monoisotopic (exact) mass is 279 g/mol. The van der Waals surface area contributed by atoms with Crippen LogP contribution in [0.4, 0.5) is 0 Å². The van der Waals surface area contributed by atoms with E-state index in [1.54, 1.807) is 19.2 Å². The van der Waals surface area contributed by atoms with Crippen LogP contribution in [0.1, 0.15) is 11.5 Å². The van der Waals surface area contributed by atoms with Crippen molar-refractivity contribution in [3.63, 3.8) is 0 Å². The molecule has 0 aliphatic carbocycles. The van der Waals surface area contributed by atoms with E-state index in [1.807, 2.05) is 12.1 Å². The standard InChI is InChI=1S/C14H17NO5/c1-18-10-6-4-9(5-7-10)11-8-15(20-3)13(16)12(11)14(17)19-2/h4-7,11-12H,8H2,1-3H3/t11?,12-/m1/s1. The minimum Gasteiger partial charge on any atom is -0.497 e. The van der Waals surface area contributed by atoms with Crippen LogP contribution in [-0.2, 0) is 19.2 Å². The number of benzene rings is 1. The highest BCUT2D eigenvalue weighted by Gasteiger charge is 2.47. The fourth-order valence-electron chi connectivity index (χ4n) is 2.41. The molecule has 0 saturated carbocycles. The lowest BCUT2D eigenvalue weighted by atomic mass is 9.88. The minimum atomic E-state index is -0.867. The summed E-state index contributed by atoms with van der Waals surface area (Å²) in [7, 11) is 4.26. The Morgan fingerprint density at radius 2 is 1.85 bits per heavy atom. The summed E-state index contributed by atoms with van der Waals surface area (Å²) in [6.07, 6.45) is 0. The Balaban J connectivity index is 2.31. The molecule has 1 aliphatic rings. The van der Waals surface area contributed by atoms with Gasteiger partial charge in [-0.05, 0) is 17.7 Å². The van der Waals surface area contributed by atoms with Crippen LogP contribution in [0.25, 0.3) is 0 Å². The van der Waals surface area contributed by atoms with E-state index in [2.05, 4.69) is 0 Å². The molecule has 1 aliphatic heterocycles. The molecule has 2 atom stereocenters. The highest BCUT2D eigenvalue weighted by atomic mass is 16.7. The van der Waals surface area contributed by atoms with E-state index < -0.39 is 11.9 Å². The molecule has 2 rings (SSSR count). The molecule has 0 bridgehead atoms. The third-order valence-corrected chi connectivity index (χ3v) is 3.50. The summed E-state index contributed by atoms with van der Waals surface area (Å²) in [5, 5.41) is 1.19. The number of ether oxygens (including phenoxy) is 2. The number of hydrogen-bond acceptors (Lipinski definition) is 5. The van der Waals surface area contributed by atoms with E-state index in [4.69, 9.17) is 14.3 Å². The lowest BCUT2D eigenvalue weighted by Gasteiger charge is -2.15. The van der Waals surface area contributed by atoms with Gasteiger partial charge in [0.15, 0.2) is 0 Å². The van der Waals surface area contributed by atoms with Crippen molar-refractivity contribution in [3.05, 3.63) is 29.8 Å². The Morgan fingerprint density at radius 1 is 1.20 bits per heavy atom. The van der Waals surface area contributed by atoms with Crippen molar-refractivity contribution in [1.82, 2.24) is 5.06 Å². The number of amides is 1. The summed E-state index contributed by atoms with van der Waals surface area (Å²) in [4.78, 5) is 29.0. The molecule has 1 aromatic carbocycles. The first-order valence-corrected chi connectivity index (χ1v) is 6.19. The number of hydrogen-bond donors (Lipinski definition) is 0. The maximum Gasteiger partial charge on any atom is 0.319 e. The van der Waals surface area contributed by atoms with Gasteiger partial charge in [0.25, 0.3) is 5.91 Å². The first-order valence-electron chi connectivity index (χ1n) is 6.19. The van der Waals surface area contributed by atoms with E-state index in [-0.39, 0.29) is 11.8 Å². The lowest BCUT2D eigenvalue weighted by molar-refractivity contribution is -0.172. The molecule has 6 nitrogen and oxygen atoms in total. The lowest BCUT2D eigenvalue weighted by Crippen LogP contribution is -2.30. The number of rotatable bonds is 4. The van der Waals surface area contributed by atoms with E-state index in [0.717, 1.165) is 11.3 Å². The van der Waals surface area contributed by atoms with Crippen molar-refractivity contribution in [1.29, 1.82) is 0 Å². The Hall–Kier alpha value is -2.08. The van der Waals surface area contributed by atoms with Crippen LogP contribution < -0.4 is 4.74 Å². The maximum absolute atomic E-state index is 12.1. The molecular weight excluding hydrogens is 262 g/mol. The van der Waals surface area contributed by atoms with Crippen molar-refractivity contribution in [3.8, 4) is 5.75 Å². The highest BCUT2D eigenvalue weighted by Crippen LogP contribution is 2.35. The van der Waals surface area contributed by atoms with Gasteiger partial charge in [-0.15, -0.1) is 0 Å². The smallest absolute Gasteiger partial charge is 0.319 e. The van der Waals surface area contributed by atoms with E-state index in [1.165, 1.54) is 19.3 Å². The summed E-state index contributed by atoms with van der Waals surface area (Å²) in [5.41, 5.74) is 0.870. The SMILES string of the molecule is COC(=O)[C@H]1C(=O)N(OC)CC1c1ccc(OC)cc1. The Kier molecular flexibility index (Phi) is 4.24. The average molecular weight is 279 g/mol. The van der Waals surface area contributed by atoms with Gasteiger partial charge in [0, 0.05) is 5.92 Å². The van der Waals surface area contributed by atoms with E-state index >= 15 is 0 Å². The molecule has 0 spiro atoms. The Morgan fingerprint density at radius 3 is 2.35 bits per heavy atom. The minimum absolute atomic E-state index is 0.291. The van der Waals surface area contributed by atoms with E-state index in [9.17, 15) is 9.59 Å². The van der Waals surface area contributed by atoms with Gasteiger partial charge in [-0.2, -0.15) is 0 Å². The first kappa shape index (κ1) is 14.3. The van der Waals surface area contributed by atoms with Crippen LogP contribution in [0, 0.1) is 5.92 Å². The fourth-order valence-corrected chi connectivity index (χ4v) is 2.41. The van der Waals surface area contributed by atoms with Crippen molar-refractivity contribution in [2.45, 2.75) is 5.92 Å². The van der Waals surface area contributed by atoms with Gasteiger partial charge in [0.2, 0.25) is 0 Å². The highest BCUT2D eigenvalue weighted by molar-refractivity contribution is 6.00. The van der Waals surface area contributed by atoms with Gasteiger partial charge in [-0.1, -0.05) is 12.1 Å². The largest absolute Gasteiger partial charge is 0.497 e. The molecular formula is C14H17NO5. The zero-order valence-corrected chi connectivity index (χ0v) is 11.7. The molecule has 6 heteroatoms. The Bertz CT molecular complexity index is 499. The molecule has 20 heavy (non-hydrogen) atoms. The van der Waals surface area contributed by atoms with Crippen molar-refractivity contribution >= 4 is 11.9 Å². The van der Waals surface area contributed by atoms with Crippen LogP contribution in [0.2, 0.25) is 0 Å². The third kappa shape index (κ3) is 2.46. The molecule has 1 amide bonds. The summed E-state index contributed by atoms with van der Waals surface area (Å²) in [6.45, 7) is 0.321. The molecule has 0 N–H and O–H groups in total. The van der Waals surface area contributed by atoms with Crippen molar-refractivity contribution in [2.75, 3.05) is 27.9 Å². The van der Waals surface area contributed by atoms with Gasteiger partial charge < -0.3 is 9.47 Å². The van der Waals surface area contributed by atoms with Crippen LogP contribution in [0.3, 0.4) is 0 Å². The number of carbonyl (C=O) groups excluding carboxylic acids is 2. The fraction of sp³-hybridized carbons (Fsp3) is 0.429. The molecule has 1 heterocycles. The predicted molar refractivity (Wildman–Crippen MR) is 70.0 cm³/mol. The third-order valence-electron chi connectivity index (χ3n) is 3.50. The number of hydroxylamine groups is 2. The second kappa shape index (κ2) is 5.92. The zero-order chi connectivity index (χ0) is 14.7. The van der Waals surface area contributed by atoms with Crippen molar-refractivity contribution < 1.29 is 23.9 Å². The average Bonchev–Trinajstić information content (AvgIpc) is 2.83. The second-order valence-electron chi connectivity index (χ2n) is 4.46. The Labute approximate surface area is 117 Å². The molecule has 0 radical (unpaired) electrons. The van der Waals surface area contributed by atoms with Crippen LogP contribution in [0.5, 0.6) is 5.75 Å². The van der Waals surface area contributed by atoms with Gasteiger partial charge in [0.05, 0.1) is 27.9 Å². The van der Waals surface area contributed by atoms with Crippen molar-refractivity contribution in [2.24, 2.45) is 5.92 Å². The normalized spacial score (nSPS) is 21.9. The van der Waals surface area contributed by atoms with Gasteiger partial charge in [-0.3, -0.25) is 14.4 Å². The second-order valence-corrected chi connectivity index (χ2v) is 4.46. The van der Waals surface area contributed by atoms with Crippen LogP contribution >= 0.6 is 0 Å². The number of nitrogens with zero attached hydrogens (tertiary/aromatic N) is 1. The number of carbonyl (C=O) groups is 2. The molecule has 108 valence electrons. The molecule has 1 saturated heterocycles. The van der Waals surface area contributed by atoms with Gasteiger partial charge in [0.1, 0.15) is 11.7 Å². The van der Waals surface area contributed by atoms with Gasteiger partial charge >= 0.3 is 5.97 Å². The zero-order valence-electron chi connectivity index (χ0n) is 11.7. The summed E-state index contributed by atoms with van der Waals surface area (Å²) in [5.74, 6) is -1.36. The quantitative estimate of drug-likeness (QED) is 0.607. The topological polar surface area (TPSA) is 65.1 Å². The molecule has 1 fully saturated rings. The predicted octanol–water partition coefficient (Wildman–Crippen LogP) is 0.972. The van der Waals surface area contributed by atoms with Crippen LogP contribution in [-0.4, -0.2) is 44.8 Å². The number of methoxy groups -OCH3 is 2. The summed E-state index contributed by atoms with van der Waals surface area (Å²) >= 11 is 0. The van der Waals surface area contributed by atoms with Gasteiger partial charge in [-0.25, -0.2) is 5.06 Å². The van der Waals surface area contributed by atoms with E-state index in [0.29, 0.717) is 6.54 Å².